The monoisotopic (exact) mass is 226 g/mol. The van der Waals surface area contributed by atoms with E-state index in [2.05, 4.69) is 4.98 Å². The molecular formula is C10H8ClFN2O. The molecule has 0 radical (unpaired) electrons. The molecule has 0 spiro atoms. The fraction of sp³-hybridized carbons (Fsp3) is 0.100. The number of halogens is 2. The third-order valence-electron chi connectivity index (χ3n) is 2.01. The zero-order valence-electron chi connectivity index (χ0n) is 7.71. The molecule has 78 valence electrons. The average Bonchev–Trinajstić information content (AvgIpc) is 2.65. The molecular weight excluding hydrogens is 219 g/mol. The second kappa shape index (κ2) is 4.00. The van der Waals surface area contributed by atoms with Crippen LogP contribution < -0.4 is 5.73 Å². The maximum atomic E-state index is 12.8. The van der Waals surface area contributed by atoms with E-state index in [1.165, 1.54) is 24.6 Å². The first kappa shape index (κ1) is 10.1. The van der Waals surface area contributed by atoms with E-state index >= 15 is 0 Å². The van der Waals surface area contributed by atoms with E-state index in [0.29, 0.717) is 17.0 Å². The maximum Gasteiger partial charge on any atom is 0.181 e. The second-order valence-electron chi connectivity index (χ2n) is 2.96. The highest BCUT2D eigenvalue weighted by Gasteiger charge is 2.12. The lowest BCUT2D eigenvalue weighted by Gasteiger charge is -2.01. The van der Waals surface area contributed by atoms with Gasteiger partial charge in [-0.1, -0.05) is 11.6 Å². The summed E-state index contributed by atoms with van der Waals surface area (Å²) in [6.07, 6.45) is 1.29. The molecule has 0 atom stereocenters. The van der Waals surface area contributed by atoms with Crippen molar-refractivity contribution in [2.75, 3.05) is 0 Å². The smallest absolute Gasteiger partial charge is 0.181 e. The van der Waals surface area contributed by atoms with Crippen LogP contribution in [0.4, 0.5) is 4.39 Å². The number of nitrogens with two attached hydrogens (primary N) is 1. The SMILES string of the molecule is NCc1ncoc1-c1ccc(F)cc1Cl. The standard InChI is InChI=1S/C10H8ClFN2O/c11-8-3-6(12)1-2-7(8)10-9(4-13)14-5-15-10/h1-3,5H,4,13H2. The van der Waals surface area contributed by atoms with Crippen molar-refractivity contribution in [2.24, 2.45) is 5.73 Å². The Kier molecular flexibility index (Phi) is 2.70. The molecule has 0 amide bonds. The highest BCUT2D eigenvalue weighted by molar-refractivity contribution is 6.33. The van der Waals surface area contributed by atoms with Crippen LogP contribution in [0.5, 0.6) is 0 Å². The van der Waals surface area contributed by atoms with Gasteiger partial charge >= 0.3 is 0 Å². The van der Waals surface area contributed by atoms with Crippen molar-refractivity contribution in [1.29, 1.82) is 0 Å². The lowest BCUT2D eigenvalue weighted by atomic mass is 10.1. The molecule has 3 nitrogen and oxygen atoms in total. The Hall–Kier alpha value is -1.39. The predicted molar refractivity (Wildman–Crippen MR) is 54.8 cm³/mol. The Morgan fingerprint density at radius 1 is 1.47 bits per heavy atom. The Balaban J connectivity index is 2.54. The van der Waals surface area contributed by atoms with Gasteiger partial charge in [-0.3, -0.25) is 0 Å². The van der Waals surface area contributed by atoms with E-state index in [-0.39, 0.29) is 11.6 Å². The minimum Gasteiger partial charge on any atom is -0.443 e. The van der Waals surface area contributed by atoms with Crippen LogP contribution >= 0.6 is 11.6 Å². The molecule has 0 aliphatic rings. The highest BCUT2D eigenvalue weighted by atomic mass is 35.5. The van der Waals surface area contributed by atoms with E-state index in [1.54, 1.807) is 0 Å². The van der Waals surface area contributed by atoms with Gasteiger partial charge in [0, 0.05) is 12.1 Å². The number of hydrogen-bond donors (Lipinski definition) is 1. The van der Waals surface area contributed by atoms with Crippen LogP contribution in [0.1, 0.15) is 5.69 Å². The Morgan fingerprint density at radius 2 is 2.27 bits per heavy atom. The van der Waals surface area contributed by atoms with Gasteiger partial charge < -0.3 is 10.2 Å². The van der Waals surface area contributed by atoms with Gasteiger partial charge in [-0.15, -0.1) is 0 Å². The summed E-state index contributed by atoms with van der Waals surface area (Å²) in [6.45, 7) is 0.250. The first-order valence-electron chi connectivity index (χ1n) is 4.30. The molecule has 0 bridgehead atoms. The molecule has 1 aromatic carbocycles. The fourth-order valence-corrected chi connectivity index (χ4v) is 1.56. The molecule has 2 rings (SSSR count). The molecule has 1 aromatic heterocycles. The van der Waals surface area contributed by atoms with E-state index in [0.717, 1.165) is 0 Å². The quantitative estimate of drug-likeness (QED) is 0.856. The number of rotatable bonds is 2. The first-order valence-corrected chi connectivity index (χ1v) is 4.68. The van der Waals surface area contributed by atoms with E-state index < -0.39 is 5.82 Å². The molecule has 15 heavy (non-hydrogen) atoms. The molecule has 5 heteroatoms. The third-order valence-corrected chi connectivity index (χ3v) is 2.32. The van der Waals surface area contributed by atoms with Crippen molar-refractivity contribution in [2.45, 2.75) is 6.54 Å². The highest BCUT2D eigenvalue weighted by Crippen LogP contribution is 2.30. The molecule has 0 aliphatic heterocycles. The zero-order chi connectivity index (χ0) is 10.8. The van der Waals surface area contributed by atoms with Gasteiger partial charge in [0.15, 0.2) is 12.2 Å². The van der Waals surface area contributed by atoms with E-state index in [9.17, 15) is 4.39 Å². The molecule has 0 saturated carbocycles. The summed E-state index contributed by atoms with van der Waals surface area (Å²) in [5, 5.41) is 0.279. The van der Waals surface area contributed by atoms with Crippen LogP contribution in [0.15, 0.2) is 29.0 Å². The van der Waals surface area contributed by atoms with Crippen molar-refractivity contribution >= 4 is 11.6 Å². The van der Waals surface area contributed by atoms with Crippen LogP contribution in [-0.4, -0.2) is 4.98 Å². The van der Waals surface area contributed by atoms with Gasteiger partial charge in [0.2, 0.25) is 0 Å². The molecule has 2 aromatic rings. The number of benzene rings is 1. The first-order chi connectivity index (χ1) is 7.22. The van der Waals surface area contributed by atoms with Gasteiger partial charge in [-0.2, -0.15) is 0 Å². The topological polar surface area (TPSA) is 52.0 Å². The molecule has 0 saturated heterocycles. The van der Waals surface area contributed by atoms with Crippen molar-refractivity contribution < 1.29 is 8.81 Å². The van der Waals surface area contributed by atoms with Crippen LogP contribution in [0.25, 0.3) is 11.3 Å². The van der Waals surface area contributed by atoms with E-state index in [1.807, 2.05) is 0 Å². The summed E-state index contributed by atoms with van der Waals surface area (Å²) in [6, 6.07) is 4.07. The summed E-state index contributed by atoms with van der Waals surface area (Å²) >= 11 is 5.88. The average molecular weight is 227 g/mol. The number of oxazole rings is 1. The lowest BCUT2D eigenvalue weighted by Crippen LogP contribution is -1.98. The predicted octanol–water partition coefficient (Wildman–Crippen LogP) is 2.59. The van der Waals surface area contributed by atoms with E-state index in [4.69, 9.17) is 21.8 Å². The summed E-state index contributed by atoms with van der Waals surface area (Å²) in [5.74, 6) is 0.0973. The normalized spacial score (nSPS) is 10.6. The molecule has 0 aliphatic carbocycles. The van der Waals surface area contributed by atoms with Crippen molar-refractivity contribution in [3.8, 4) is 11.3 Å². The third kappa shape index (κ3) is 1.86. The van der Waals surface area contributed by atoms with Crippen LogP contribution in [0.3, 0.4) is 0 Å². The molecule has 0 fully saturated rings. The number of nitrogens with zero attached hydrogens (tertiary/aromatic N) is 1. The minimum absolute atomic E-state index is 0.250. The number of hydrogen-bond acceptors (Lipinski definition) is 3. The van der Waals surface area contributed by atoms with Gasteiger partial charge in [0.05, 0.1) is 5.02 Å². The summed E-state index contributed by atoms with van der Waals surface area (Å²) < 4.78 is 18.0. The molecule has 0 unspecified atom stereocenters. The van der Waals surface area contributed by atoms with Gasteiger partial charge in [0.25, 0.3) is 0 Å². The largest absolute Gasteiger partial charge is 0.443 e. The minimum atomic E-state index is -0.391. The fourth-order valence-electron chi connectivity index (χ4n) is 1.31. The lowest BCUT2D eigenvalue weighted by molar-refractivity contribution is 0.570. The van der Waals surface area contributed by atoms with Crippen LogP contribution in [0, 0.1) is 5.82 Å². The Bertz CT molecular complexity index is 484. The van der Waals surface area contributed by atoms with Gasteiger partial charge in [-0.05, 0) is 18.2 Å². The van der Waals surface area contributed by atoms with Crippen molar-refractivity contribution in [3.63, 3.8) is 0 Å². The summed E-state index contributed by atoms with van der Waals surface area (Å²) in [7, 11) is 0. The number of aromatic nitrogens is 1. The van der Waals surface area contributed by atoms with Gasteiger partial charge in [0.1, 0.15) is 11.5 Å². The Labute approximate surface area is 90.7 Å². The molecule has 1 heterocycles. The zero-order valence-corrected chi connectivity index (χ0v) is 8.46. The van der Waals surface area contributed by atoms with Crippen LogP contribution in [-0.2, 0) is 6.54 Å². The van der Waals surface area contributed by atoms with Crippen molar-refractivity contribution in [3.05, 3.63) is 41.1 Å². The summed E-state index contributed by atoms with van der Waals surface area (Å²) in [4.78, 5) is 3.93. The molecule has 2 N–H and O–H groups in total. The summed E-state index contributed by atoms with van der Waals surface area (Å²) in [5.41, 5.74) is 6.67. The van der Waals surface area contributed by atoms with Gasteiger partial charge in [-0.25, -0.2) is 9.37 Å². The Morgan fingerprint density at radius 3 is 2.93 bits per heavy atom. The van der Waals surface area contributed by atoms with Crippen molar-refractivity contribution in [1.82, 2.24) is 4.98 Å². The van der Waals surface area contributed by atoms with Crippen LogP contribution in [0.2, 0.25) is 5.02 Å². The second-order valence-corrected chi connectivity index (χ2v) is 3.36. The maximum absolute atomic E-state index is 12.8.